The molecule has 0 aliphatic heterocycles. The minimum Gasteiger partial charge on any atom is -0.507 e. The third-order valence-electron chi connectivity index (χ3n) is 16.2. The molecule has 1 fully saturated rings. The van der Waals surface area contributed by atoms with Gasteiger partial charge in [0.1, 0.15) is 11.6 Å². The molecule has 77 heavy (non-hydrogen) atoms. The zero-order chi connectivity index (χ0) is 52.7. The average Bonchev–Trinajstić information content (AvgIpc) is 4.29. The van der Waals surface area contributed by atoms with E-state index in [1.165, 1.54) is 42.4 Å². The number of hydrogen-bond acceptors (Lipinski definition) is 3. The van der Waals surface area contributed by atoms with Crippen molar-refractivity contribution in [3.63, 3.8) is 0 Å². The van der Waals surface area contributed by atoms with Gasteiger partial charge in [0.2, 0.25) is 0 Å². The van der Waals surface area contributed by atoms with Crippen molar-refractivity contribution < 1.29 is 5.11 Å². The number of benzene rings is 9. The number of imidazole rings is 1. The Hall–Kier alpha value is -8.60. The first-order valence-electron chi connectivity index (χ1n) is 27.4. The minimum atomic E-state index is -0.229. The van der Waals surface area contributed by atoms with Crippen LogP contribution in [0.15, 0.2) is 231 Å². The molecule has 0 bridgehead atoms. The maximum atomic E-state index is 12.8. The zero-order valence-corrected chi connectivity index (χ0v) is 44.8. The first-order chi connectivity index (χ1) is 37.5. The van der Waals surface area contributed by atoms with Crippen molar-refractivity contribution in [1.82, 2.24) is 14.5 Å². The van der Waals surface area contributed by atoms with Crippen LogP contribution < -0.4 is 0 Å². The largest absolute Gasteiger partial charge is 0.507 e. The molecule has 9 aromatic carbocycles. The van der Waals surface area contributed by atoms with E-state index in [0.29, 0.717) is 17.3 Å². The highest BCUT2D eigenvalue weighted by atomic mass is 16.3. The van der Waals surface area contributed by atoms with Gasteiger partial charge in [-0.05, 0) is 140 Å². The number of nitrogens with zero attached hydrogens (tertiary/aromatic N) is 3. The molecular formula is C73H65N3O. The normalized spacial score (nSPS) is 13.1. The molecular weight excluding hydrogens is 935 g/mol. The van der Waals surface area contributed by atoms with Crippen LogP contribution in [0.25, 0.3) is 95.0 Å². The molecule has 2 aromatic heterocycles. The number of aromatic hydroxyl groups is 1. The molecule has 1 saturated carbocycles. The van der Waals surface area contributed by atoms with Crippen LogP contribution in [0.3, 0.4) is 0 Å². The minimum absolute atomic E-state index is 0.137. The Morgan fingerprint density at radius 1 is 0.455 bits per heavy atom. The molecule has 1 N–H and O–H groups in total. The van der Waals surface area contributed by atoms with Crippen LogP contribution in [0, 0.1) is 5.92 Å². The summed E-state index contributed by atoms with van der Waals surface area (Å²) in [5.74, 6) is 1.58. The number of phenolic OH excluding ortho intramolecular Hbond substituents is 1. The van der Waals surface area contributed by atoms with Gasteiger partial charge in [-0.25, -0.2) is 4.98 Å². The summed E-state index contributed by atoms with van der Waals surface area (Å²) >= 11 is 0. The summed E-state index contributed by atoms with van der Waals surface area (Å²) in [5.41, 5.74) is 20.5. The summed E-state index contributed by atoms with van der Waals surface area (Å²) in [6.07, 6.45) is 8.18. The van der Waals surface area contributed by atoms with Crippen LogP contribution in [0.1, 0.15) is 82.6 Å². The standard InChI is InChI=1S/C73H65N3O/c1-72(2,3)61-47-64(54-27-14-8-15-28-54)70(77)65(48-61)71-75-69-62(31-20-32-68(69)76(71)67-38-33-50(41-49-21-18-19-22-49)42-63(67)53-25-12-7-13-26-53)57-43-56(51-23-10-6-11-24-51)44-58(45-57)66-46-55(39-40-74-66)52-34-36-60(37-35-52)73(4,5)59-29-16-9-17-30-59/h6-17,20,23-40,42-49,77H,18-19,21-22,41H2,1-5H3. The third-order valence-corrected chi connectivity index (χ3v) is 16.2. The second-order valence-electron chi connectivity index (χ2n) is 22.7. The second-order valence-corrected chi connectivity index (χ2v) is 22.7. The number of phenols is 1. The lowest BCUT2D eigenvalue weighted by Gasteiger charge is -2.26. The van der Waals surface area contributed by atoms with Gasteiger partial charge in [-0.1, -0.05) is 224 Å². The van der Waals surface area contributed by atoms with Crippen molar-refractivity contribution in [1.29, 1.82) is 0 Å². The van der Waals surface area contributed by atoms with Gasteiger partial charge < -0.3 is 5.11 Å². The maximum Gasteiger partial charge on any atom is 0.149 e. The molecule has 4 nitrogen and oxygen atoms in total. The Morgan fingerprint density at radius 2 is 1.04 bits per heavy atom. The Bertz CT molecular complexity index is 3880. The second kappa shape index (κ2) is 20.5. The maximum absolute atomic E-state index is 12.8. The summed E-state index contributed by atoms with van der Waals surface area (Å²) in [4.78, 5) is 10.8. The number of fused-ring (bicyclic) bond motifs is 1. The number of aromatic nitrogens is 3. The van der Waals surface area contributed by atoms with Gasteiger partial charge >= 0.3 is 0 Å². The molecule has 2 heterocycles. The Labute approximate surface area is 454 Å². The molecule has 0 atom stereocenters. The quantitative estimate of drug-likeness (QED) is 0.133. The number of pyridine rings is 1. The van der Waals surface area contributed by atoms with Gasteiger partial charge in [0, 0.05) is 33.9 Å². The van der Waals surface area contributed by atoms with Gasteiger partial charge in [-0.2, -0.15) is 0 Å². The van der Waals surface area contributed by atoms with Crippen LogP contribution in [-0.2, 0) is 17.3 Å². The molecule has 378 valence electrons. The highest BCUT2D eigenvalue weighted by Gasteiger charge is 2.28. The summed E-state index contributed by atoms with van der Waals surface area (Å²) in [6, 6.07) is 80.5. The molecule has 1 aliphatic rings. The summed E-state index contributed by atoms with van der Waals surface area (Å²) < 4.78 is 2.32. The molecule has 4 heteroatoms. The monoisotopic (exact) mass is 1000 g/mol. The fourth-order valence-corrected chi connectivity index (χ4v) is 11.7. The van der Waals surface area contributed by atoms with Crippen LogP contribution in [-0.4, -0.2) is 19.6 Å². The predicted molar refractivity (Wildman–Crippen MR) is 322 cm³/mol. The Kier molecular flexibility index (Phi) is 13.1. The first kappa shape index (κ1) is 49.3. The van der Waals surface area contributed by atoms with E-state index >= 15 is 0 Å². The van der Waals surface area contributed by atoms with Gasteiger partial charge in [-0.15, -0.1) is 0 Å². The molecule has 12 rings (SSSR count). The van der Waals surface area contributed by atoms with E-state index < -0.39 is 0 Å². The third kappa shape index (κ3) is 9.81. The van der Waals surface area contributed by atoms with Crippen molar-refractivity contribution in [3.05, 3.63) is 253 Å². The highest BCUT2D eigenvalue weighted by molar-refractivity contribution is 5.99. The number of para-hydroxylation sites is 1. The molecule has 0 radical (unpaired) electrons. The van der Waals surface area contributed by atoms with Gasteiger partial charge in [-0.3, -0.25) is 9.55 Å². The van der Waals surface area contributed by atoms with Crippen molar-refractivity contribution in [2.75, 3.05) is 0 Å². The smallest absolute Gasteiger partial charge is 0.149 e. The van der Waals surface area contributed by atoms with Crippen LogP contribution in [0.2, 0.25) is 0 Å². The van der Waals surface area contributed by atoms with Crippen molar-refractivity contribution in [2.45, 2.75) is 77.6 Å². The predicted octanol–water partition coefficient (Wildman–Crippen LogP) is 19.2. The fourth-order valence-electron chi connectivity index (χ4n) is 11.7. The molecule has 11 aromatic rings. The average molecular weight is 1000 g/mol. The summed E-state index contributed by atoms with van der Waals surface area (Å²) in [6.45, 7) is 11.3. The van der Waals surface area contributed by atoms with Crippen molar-refractivity contribution in [2.24, 2.45) is 5.92 Å². The lowest BCUT2D eigenvalue weighted by atomic mass is 9.78. The van der Waals surface area contributed by atoms with Gasteiger partial charge in [0.05, 0.1) is 28.0 Å². The van der Waals surface area contributed by atoms with Crippen LogP contribution >= 0.6 is 0 Å². The summed E-state index contributed by atoms with van der Waals surface area (Å²) in [7, 11) is 0. The summed E-state index contributed by atoms with van der Waals surface area (Å²) in [5, 5.41) is 12.8. The van der Waals surface area contributed by atoms with E-state index in [9.17, 15) is 5.11 Å². The van der Waals surface area contributed by atoms with E-state index in [2.05, 4.69) is 245 Å². The molecule has 0 spiro atoms. The fraction of sp³-hybridized carbons (Fsp3) is 0.178. The zero-order valence-electron chi connectivity index (χ0n) is 44.8. The van der Waals surface area contributed by atoms with E-state index in [4.69, 9.17) is 9.97 Å². The van der Waals surface area contributed by atoms with Crippen molar-refractivity contribution in [3.8, 4) is 89.7 Å². The SMILES string of the molecule is CC(C)(C)c1cc(-c2ccccc2)c(O)c(-c2nc3c(-c4cc(-c5ccccc5)cc(-c5cc(-c6ccc(C(C)(C)c7ccccc7)cc6)ccn5)c4)cccc3n2-c2ccc(CC3CCCC3)cc2-c2ccccc2)c1. The van der Waals surface area contributed by atoms with Gasteiger partial charge in [0.25, 0.3) is 0 Å². The number of hydrogen-bond donors (Lipinski definition) is 1. The van der Waals surface area contributed by atoms with E-state index in [1.54, 1.807) is 0 Å². The lowest BCUT2D eigenvalue weighted by molar-refractivity contribution is 0.477. The van der Waals surface area contributed by atoms with Gasteiger partial charge in [0.15, 0.2) is 0 Å². The molecule has 0 amide bonds. The van der Waals surface area contributed by atoms with E-state index in [-0.39, 0.29) is 16.6 Å². The Morgan fingerprint density at radius 3 is 1.71 bits per heavy atom. The van der Waals surface area contributed by atoms with Crippen molar-refractivity contribution >= 4 is 11.0 Å². The molecule has 0 unspecified atom stereocenters. The first-order valence-corrected chi connectivity index (χ1v) is 27.4. The molecule has 1 aliphatic carbocycles. The topological polar surface area (TPSA) is 50.9 Å². The van der Waals surface area contributed by atoms with Crippen LogP contribution in [0.4, 0.5) is 0 Å². The highest BCUT2D eigenvalue weighted by Crippen LogP contribution is 2.46. The number of rotatable bonds is 12. The van der Waals surface area contributed by atoms with E-state index in [0.717, 1.165) is 95.6 Å². The molecule has 0 saturated heterocycles. The lowest BCUT2D eigenvalue weighted by Crippen LogP contribution is -2.18. The van der Waals surface area contributed by atoms with Crippen LogP contribution in [0.5, 0.6) is 5.75 Å². The Balaban J connectivity index is 1.06. The van der Waals surface area contributed by atoms with E-state index in [1.807, 2.05) is 24.4 Å².